The molecule has 24 heavy (non-hydrogen) atoms. The van der Waals surface area contributed by atoms with Gasteiger partial charge in [-0.05, 0) is 36.6 Å². The minimum atomic E-state index is -3.48. The maximum Gasteiger partial charge on any atom is 0.243 e. The van der Waals surface area contributed by atoms with E-state index in [0.717, 1.165) is 18.4 Å². The third kappa shape index (κ3) is 3.73. The van der Waals surface area contributed by atoms with Crippen LogP contribution in [0.25, 0.3) is 0 Å². The Hall–Kier alpha value is -1.99. The lowest BCUT2D eigenvalue weighted by atomic mass is 10.1. The second-order valence-corrected chi connectivity index (χ2v) is 7.79. The smallest absolute Gasteiger partial charge is 0.243 e. The van der Waals surface area contributed by atoms with Gasteiger partial charge in [0.2, 0.25) is 15.9 Å². The Bertz CT molecular complexity index is 763. The second kappa shape index (κ2) is 7.27. The van der Waals surface area contributed by atoms with Crippen molar-refractivity contribution < 1.29 is 13.2 Å². The molecule has 0 N–H and O–H groups in total. The second-order valence-electron chi connectivity index (χ2n) is 5.85. The van der Waals surface area contributed by atoms with E-state index >= 15 is 0 Å². The number of nitrogens with zero attached hydrogens (tertiary/aromatic N) is 3. The fraction of sp³-hybridized carbons (Fsp3) is 0.412. The van der Waals surface area contributed by atoms with Gasteiger partial charge >= 0.3 is 0 Å². The Morgan fingerprint density at radius 2 is 2.04 bits per heavy atom. The van der Waals surface area contributed by atoms with Crippen LogP contribution in [0.4, 0.5) is 0 Å². The summed E-state index contributed by atoms with van der Waals surface area (Å²) in [5.41, 5.74) is 1.15. The first kappa shape index (κ1) is 16.9. The van der Waals surface area contributed by atoms with Gasteiger partial charge in [0, 0.05) is 18.8 Å². The Morgan fingerprint density at radius 3 is 2.71 bits per heavy atom. The van der Waals surface area contributed by atoms with E-state index < -0.39 is 10.0 Å². The van der Waals surface area contributed by atoms with Crippen LogP contribution in [-0.4, -0.2) is 42.1 Å². The first-order valence-corrected chi connectivity index (χ1v) is 9.57. The fourth-order valence-electron chi connectivity index (χ4n) is 2.80. The van der Waals surface area contributed by atoms with Crippen molar-refractivity contribution >= 4 is 10.0 Å². The molecule has 0 radical (unpaired) electrons. The van der Waals surface area contributed by atoms with Crippen molar-refractivity contribution in [1.29, 1.82) is 0 Å². The van der Waals surface area contributed by atoms with Gasteiger partial charge in [0.1, 0.15) is 6.10 Å². The van der Waals surface area contributed by atoms with Crippen LogP contribution in [0.1, 0.15) is 25.3 Å². The maximum atomic E-state index is 12.7. The average Bonchev–Trinajstić information content (AvgIpc) is 3.06. The minimum Gasteiger partial charge on any atom is -0.472 e. The number of aromatic nitrogens is 2. The lowest BCUT2D eigenvalue weighted by Crippen LogP contribution is -2.31. The molecule has 1 unspecified atom stereocenters. The van der Waals surface area contributed by atoms with Gasteiger partial charge in [-0.15, -0.1) is 5.10 Å². The van der Waals surface area contributed by atoms with Crippen LogP contribution in [0, 0.1) is 0 Å². The monoisotopic (exact) mass is 347 g/mol. The van der Waals surface area contributed by atoms with E-state index in [0.29, 0.717) is 30.3 Å². The summed E-state index contributed by atoms with van der Waals surface area (Å²) in [4.78, 5) is 0.336. The molecule has 1 aromatic heterocycles. The molecule has 1 aliphatic rings. The molecular formula is C17H21N3O3S. The first-order chi connectivity index (χ1) is 11.6. The van der Waals surface area contributed by atoms with Gasteiger partial charge in [-0.3, -0.25) is 0 Å². The van der Waals surface area contributed by atoms with E-state index in [9.17, 15) is 8.42 Å². The minimum absolute atomic E-state index is 0.198. The van der Waals surface area contributed by atoms with Crippen LogP contribution in [0.5, 0.6) is 5.88 Å². The fourth-order valence-corrected chi connectivity index (χ4v) is 4.29. The third-order valence-electron chi connectivity index (χ3n) is 4.04. The summed E-state index contributed by atoms with van der Waals surface area (Å²) in [6, 6.07) is 10.6. The summed E-state index contributed by atoms with van der Waals surface area (Å²) < 4.78 is 32.7. The Balaban J connectivity index is 1.67. The molecule has 1 saturated heterocycles. The molecule has 2 heterocycles. The van der Waals surface area contributed by atoms with E-state index in [1.54, 1.807) is 30.5 Å². The molecule has 0 bridgehead atoms. The van der Waals surface area contributed by atoms with E-state index in [4.69, 9.17) is 4.74 Å². The van der Waals surface area contributed by atoms with Gasteiger partial charge < -0.3 is 4.74 Å². The topological polar surface area (TPSA) is 72.4 Å². The number of hydrogen-bond acceptors (Lipinski definition) is 5. The molecule has 7 heteroatoms. The van der Waals surface area contributed by atoms with Crippen molar-refractivity contribution in [2.24, 2.45) is 0 Å². The van der Waals surface area contributed by atoms with Crippen LogP contribution in [0.2, 0.25) is 0 Å². The molecule has 128 valence electrons. The number of ether oxygens (including phenoxy) is 1. The average molecular weight is 347 g/mol. The quantitative estimate of drug-likeness (QED) is 0.801. The lowest BCUT2D eigenvalue weighted by Gasteiger charge is -2.17. The number of aryl methyl sites for hydroxylation is 1. The van der Waals surface area contributed by atoms with Crippen molar-refractivity contribution in [3.05, 3.63) is 48.2 Å². The highest BCUT2D eigenvalue weighted by atomic mass is 32.2. The number of sulfonamides is 1. The lowest BCUT2D eigenvalue weighted by molar-refractivity contribution is 0.204. The molecule has 6 nitrogen and oxygen atoms in total. The summed E-state index contributed by atoms with van der Waals surface area (Å²) in [5.74, 6) is 0.422. The number of benzene rings is 1. The zero-order valence-electron chi connectivity index (χ0n) is 13.6. The van der Waals surface area contributed by atoms with Crippen LogP contribution < -0.4 is 4.74 Å². The largest absolute Gasteiger partial charge is 0.472 e. The molecule has 1 aromatic carbocycles. The van der Waals surface area contributed by atoms with E-state index in [2.05, 4.69) is 17.1 Å². The Labute approximate surface area is 142 Å². The summed E-state index contributed by atoms with van der Waals surface area (Å²) in [5, 5.41) is 7.63. The van der Waals surface area contributed by atoms with Crippen molar-refractivity contribution in [3.63, 3.8) is 0 Å². The zero-order chi connectivity index (χ0) is 17.0. The Morgan fingerprint density at radius 1 is 1.25 bits per heavy atom. The van der Waals surface area contributed by atoms with Crippen molar-refractivity contribution in [1.82, 2.24) is 14.5 Å². The highest BCUT2D eigenvalue weighted by Crippen LogP contribution is 2.23. The van der Waals surface area contributed by atoms with Crippen LogP contribution in [0.15, 0.2) is 47.5 Å². The van der Waals surface area contributed by atoms with Crippen molar-refractivity contribution in [3.8, 4) is 5.88 Å². The van der Waals surface area contributed by atoms with Gasteiger partial charge in [-0.2, -0.15) is 9.40 Å². The zero-order valence-corrected chi connectivity index (χ0v) is 14.4. The van der Waals surface area contributed by atoms with Crippen molar-refractivity contribution in [2.75, 3.05) is 13.1 Å². The first-order valence-electron chi connectivity index (χ1n) is 8.13. The molecular weight excluding hydrogens is 326 g/mol. The normalized spacial score (nSPS) is 18.6. The van der Waals surface area contributed by atoms with Gasteiger partial charge in [-0.25, -0.2) is 8.42 Å². The molecule has 0 saturated carbocycles. The van der Waals surface area contributed by atoms with Crippen LogP contribution in [0.3, 0.4) is 0 Å². The molecule has 0 amide bonds. The Kier molecular flexibility index (Phi) is 5.11. The van der Waals surface area contributed by atoms with Gasteiger partial charge in [-0.1, -0.05) is 25.5 Å². The maximum absolute atomic E-state index is 12.7. The molecule has 0 aliphatic carbocycles. The highest BCUT2D eigenvalue weighted by molar-refractivity contribution is 7.89. The van der Waals surface area contributed by atoms with E-state index in [1.807, 2.05) is 12.1 Å². The SMILES string of the molecule is CCCc1ccc(S(=O)(=O)N2CCC(Oc3cccnn3)C2)cc1. The molecule has 2 aromatic rings. The molecule has 3 rings (SSSR count). The molecule has 1 aliphatic heterocycles. The van der Waals surface area contributed by atoms with Gasteiger partial charge in [0.15, 0.2) is 0 Å². The third-order valence-corrected chi connectivity index (χ3v) is 5.92. The standard InChI is InChI=1S/C17H21N3O3S/c1-2-4-14-6-8-16(9-7-14)24(21,22)20-12-10-15(13-20)23-17-5-3-11-18-19-17/h3,5-9,11,15H,2,4,10,12-13H2,1H3. The van der Waals surface area contributed by atoms with Gasteiger partial charge in [0.25, 0.3) is 0 Å². The summed E-state index contributed by atoms with van der Waals surface area (Å²) in [6.45, 7) is 2.88. The molecule has 0 spiro atoms. The molecule has 1 fully saturated rings. The summed E-state index contributed by atoms with van der Waals surface area (Å²) >= 11 is 0. The number of rotatable bonds is 6. The van der Waals surface area contributed by atoms with Crippen LogP contribution in [-0.2, 0) is 16.4 Å². The van der Waals surface area contributed by atoms with E-state index in [1.165, 1.54) is 4.31 Å². The summed E-state index contributed by atoms with van der Waals surface area (Å²) in [6.07, 6.45) is 4.01. The number of hydrogen-bond donors (Lipinski definition) is 0. The highest BCUT2D eigenvalue weighted by Gasteiger charge is 2.33. The van der Waals surface area contributed by atoms with Crippen LogP contribution >= 0.6 is 0 Å². The predicted octanol–water partition coefficient (Wildman–Crippen LogP) is 2.27. The van der Waals surface area contributed by atoms with Gasteiger partial charge in [0.05, 0.1) is 11.4 Å². The van der Waals surface area contributed by atoms with E-state index in [-0.39, 0.29) is 6.10 Å². The predicted molar refractivity (Wildman–Crippen MR) is 90.3 cm³/mol. The van der Waals surface area contributed by atoms with Crippen molar-refractivity contribution in [2.45, 2.75) is 37.2 Å². The molecule has 1 atom stereocenters. The summed E-state index contributed by atoms with van der Waals surface area (Å²) in [7, 11) is -3.48.